The van der Waals surface area contributed by atoms with Gasteiger partial charge in [-0.2, -0.15) is 0 Å². The fraction of sp³-hybridized carbons (Fsp3) is 0.467. The van der Waals surface area contributed by atoms with Crippen LogP contribution in [0, 0.1) is 19.8 Å². The van der Waals surface area contributed by atoms with Crippen molar-refractivity contribution < 1.29 is 9.47 Å². The van der Waals surface area contributed by atoms with Gasteiger partial charge in [-0.1, -0.05) is 80.4 Å². The summed E-state index contributed by atoms with van der Waals surface area (Å²) in [6, 6.07) is 22.1. The number of aliphatic imine (C=N–C) groups is 1. The van der Waals surface area contributed by atoms with Crippen LogP contribution in [0.25, 0.3) is 0 Å². The summed E-state index contributed by atoms with van der Waals surface area (Å²) in [5.41, 5.74) is 10.2. The Hall–Kier alpha value is -4.12. The summed E-state index contributed by atoms with van der Waals surface area (Å²) in [6.45, 7) is 25.5. The molecule has 0 spiro atoms. The summed E-state index contributed by atoms with van der Waals surface area (Å²) in [4.78, 5) is 12.6. The highest BCUT2D eigenvalue weighted by Crippen LogP contribution is 2.53. The van der Waals surface area contributed by atoms with E-state index < -0.39 is 0 Å². The van der Waals surface area contributed by atoms with E-state index in [1.807, 2.05) is 6.20 Å². The topological polar surface area (TPSA) is 47.0 Å². The molecule has 5 heteroatoms. The molecule has 0 bridgehead atoms. The van der Waals surface area contributed by atoms with E-state index in [9.17, 15) is 0 Å². The lowest BCUT2D eigenvalue weighted by atomic mass is 9.71. The van der Waals surface area contributed by atoms with Gasteiger partial charge < -0.3 is 9.47 Å². The number of aromatic nitrogens is 1. The summed E-state index contributed by atoms with van der Waals surface area (Å²) >= 11 is 0. The lowest BCUT2D eigenvalue weighted by Crippen LogP contribution is -2.33. The quantitative estimate of drug-likeness (QED) is 0.212. The van der Waals surface area contributed by atoms with E-state index in [1.54, 1.807) is 0 Å². The summed E-state index contributed by atoms with van der Waals surface area (Å²) in [7, 11) is 0. The van der Waals surface area contributed by atoms with Crippen LogP contribution in [0.3, 0.4) is 0 Å². The monoisotopic (exact) mass is 669 g/mol. The van der Waals surface area contributed by atoms with Gasteiger partial charge in [-0.15, -0.1) is 0 Å². The Balaban J connectivity index is 1.31. The smallest absolute Gasteiger partial charge is 0.216 e. The maximum atomic E-state index is 6.83. The Bertz CT molecular complexity index is 1990. The number of nitrogens with zero attached hydrogens (tertiary/aromatic N) is 3. The average Bonchev–Trinajstić information content (AvgIpc) is 3.71. The molecule has 50 heavy (non-hydrogen) atoms. The van der Waals surface area contributed by atoms with Crippen molar-refractivity contribution in [1.29, 1.82) is 0 Å². The van der Waals surface area contributed by atoms with Crippen LogP contribution < -0.4 is 9.64 Å². The molecule has 7 rings (SSSR count). The number of hydrogen-bond acceptors (Lipinski definition) is 5. The Morgan fingerprint density at radius 1 is 0.800 bits per heavy atom. The van der Waals surface area contributed by atoms with Crippen molar-refractivity contribution in [2.45, 2.75) is 124 Å². The molecule has 1 aromatic heterocycles. The van der Waals surface area contributed by atoms with Crippen LogP contribution in [0.4, 0.5) is 17.2 Å². The number of benzene rings is 3. The summed E-state index contributed by atoms with van der Waals surface area (Å²) in [6.07, 6.45) is 6.99. The third kappa shape index (κ3) is 6.11. The number of pyridine rings is 1. The van der Waals surface area contributed by atoms with Gasteiger partial charge in [0, 0.05) is 28.8 Å². The lowest BCUT2D eigenvalue weighted by Gasteiger charge is -2.42. The number of rotatable bonds is 5. The van der Waals surface area contributed by atoms with E-state index in [0.717, 1.165) is 45.7 Å². The molecule has 1 saturated carbocycles. The molecular weight excluding hydrogens is 615 g/mol. The van der Waals surface area contributed by atoms with Gasteiger partial charge in [-0.05, 0) is 121 Å². The molecule has 3 aliphatic rings. The highest BCUT2D eigenvalue weighted by Gasteiger charge is 2.42. The molecule has 0 saturated heterocycles. The summed E-state index contributed by atoms with van der Waals surface area (Å²) in [5, 5.41) is 0. The third-order valence-corrected chi connectivity index (χ3v) is 11.4. The first kappa shape index (κ1) is 34.3. The van der Waals surface area contributed by atoms with E-state index in [0.29, 0.717) is 12.5 Å². The molecule has 0 radical (unpaired) electrons. The van der Waals surface area contributed by atoms with Gasteiger partial charge in [-0.3, -0.25) is 4.90 Å². The molecule has 262 valence electrons. The Labute approximate surface area is 300 Å². The number of anilines is 3. The van der Waals surface area contributed by atoms with Crippen LogP contribution >= 0.6 is 0 Å². The maximum absolute atomic E-state index is 6.83. The average molecular weight is 670 g/mol. The van der Waals surface area contributed by atoms with Crippen LogP contribution in [0.2, 0.25) is 0 Å². The largest absolute Gasteiger partial charge is 0.475 e. The predicted molar refractivity (Wildman–Crippen MR) is 207 cm³/mol. The van der Waals surface area contributed by atoms with Crippen molar-refractivity contribution in [2.75, 3.05) is 11.5 Å². The fourth-order valence-electron chi connectivity index (χ4n) is 8.38. The molecule has 1 atom stereocenters. The highest BCUT2D eigenvalue weighted by atomic mass is 16.5. The first-order chi connectivity index (χ1) is 23.4. The molecule has 0 unspecified atom stereocenters. The van der Waals surface area contributed by atoms with Crippen molar-refractivity contribution in [1.82, 2.24) is 4.98 Å². The maximum Gasteiger partial charge on any atom is 0.216 e. The number of ether oxygens (including phenoxy) is 2. The van der Waals surface area contributed by atoms with Crippen molar-refractivity contribution in [3.63, 3.8) is 0 Å². The van der Waals surface area contributed by atoms with Gasteiger partial charge in [0.05, 0.1) is 16.9 Å². The van der Waals surface area contributed by atoms with Crippen molar-refractivity contribution in [2.24, 2.45) is 10.9 Å². The van der Waals surface area contributed by atoms with Gasteiger partial charge >= 0.3 is 0 Å². The second-order valence-electron chi connectivity index (χ2n) is 17.9. The standard InChI is InChI=1S/C45H55N3O2/c1-28-20-34(48-38-17-16-32(42(3,4)5)25-37(38)44(9,10)39-29(2)18-19-46-40(39)48)26-35(21-28)50-36-23-30(22-33(24-36)43(6,7)8)41-47-45(11,27-49-41)31-14-12-13-15-31/h16-26,31H,12-15,27H2,1-11H3/t45-/m0/s1. The first-order valence-corrected chi connectivity index (χ1v) is 18.5. The molecule has 3 heterocycles. The Morgan fingerprint density at radius 3 is 2.20 bits per heavy atom. The van der Waals surface area contributed by atoms with Crippen LogP contribution in [0.5, 0.6) is 11.5 Å². The van der Waals surface area contributed by atoms with E-state index in [-0.39, 0.29) is 21.8 Å². The zero-order valence-electron chi connectivity index (χ0n) is 32.1. The van der Waals surface area contributed by atoms with Gasteiger partial charge in [0.25, 0.3) is 0 Å². The van der Waals surface area contributed by atoms with Crippen molar-refractivity contribution in [3.8, 4) is 11.5 Å². The molecule has 3 aromatic carbocycles. The number of hydrogen-bond donors (Lipinski definition) is 0. The Morgan fingerprint density at radius 2 is 1.50 bits per heavy atom. The van der Waals surface area contributed by atoms with E-state index in [2.05, 4.69) is 142 Å². The Kier molecular flexibility index (Phi) is 8.24. The van der Waals surface area contributed by atoms with Crippen molar-refractivity contribution in [3.05, 3.63) is 106 Å². The molecule has 1 aliphatic carbocycles. The third-order valence-electron chi connectivity index (χ3n) is 11.4. The molecule has 2 aliphatic heterocycles. The molecule has 5 nitrogen and oxygen atoms in total. The van der Waals surface area contributed by atoms with Crippen LogP contribution in [0.15, 0.2) is 71.9 Å². The van der Waals surface area contributed by atoms with E-state index in [4.69, 9.17) is 19.5 Å². The second kappa shape index (κ2) is 12.0. The summed E-state index contributed by atoms with van der Waals surface area (Å²) < 4.78 is 13.2. The predicted octanol–water partition coefficient (Wildman–Crippen LogP) is 11.9. The normalized spacial score (nSPS) is 20.3. The van der Waals surface area contributed by atoms with Gasteiger partial charge in [-0.25, -0.2) is 9.98 Å². The van der Waals surface area contributed by atoms with Crippen LogP contribution in [-0.4, -0.2) is 23.0 Å². The molecule has 0 amide bonds. The number of aryl methyl sites for hydroxylation is 2. The van der Waals surface area contributed by atoms with E-state index >= 15 is 0 Å². The van der Waals surface area contributed by atoms with Crippen molar-refractivity contribution >= 4 is 23.1 Å². The van der Waals surface area contributed by atoms with Gasteiger partial charge in [0.15, 0.2) is 0 Å². The minimum Gasteiger partial charge on any atom is -0.475 e. The fourth-order valence-corrected chi connectivity index (χ4v) is 8.38. The van der Waals surface area contributed by atoms with E-state index in [1.165, 1.54) is 53.5 Å². The van der Waals surface area contributed by atoms with Crippen LogP contribution in [-0.2, 0) is 21.0 Å². The van der Waals surface area contributed by atoms with Crippen LogP contribution in [0.1, 0.15) is 127 Å². The zero-order chi connectivity index (χ0) is 35.8. The second-order valence-corrected chi connectivity index (χ2v) is 17.9. The molecule has 0 N–H and O–H groups in total. The molecule has 4 aromatic rings. The zero-order valence-corrected chi connectivity index (χ0v) is 32.1. The molecule has 1 fully saturated rings. The van der Waals surface area contributed by atoms with Gasteiger partial charge in [0.2, 0.25) is 5.90 Å². The number of fused-ring (bicyclic) bond motifs is 2. The highest BCUT2D eigenvalue weighted by molar-refractivity contribution is 5.96. The lowest BCUT2D eigenvalue weighted by molar-refractivity contribution is 0.207. The SMILES string of the molecule is Cc1cc(Oc2cc(C3=N[C@](C)(C4CCCC4)CO3)cc(C(C)(C)C)c2)cc(N2c3ccc(C(C)(C)C)cc3C(C)(C)c3c(C)ccnc32)c1. The van der Waals surface area contributed by atoms with Gasteiger partial charge in [0.1, 0.15) is 23.9 Å². The minimum atomic E-state index is -0.216. The minimum absolute atomic E-state index is 0.0369. The molecular formula is C45H55N3O2. The summed E-state index contributed by atoms with van der Waals surface area (Å²) in [5.74, 6) is 3.87. The first-order valence-electron chi connectivity index (χ1n) is 18.5.